The maximum atomic E-state index is 9.56. The normalized spacial score (nSPS) is 12.8. The number of unbranched alkanes of at least 4 members (excludes halogenated alkanes) is 5. The number of rotatable bonds is 9. The molecule has 4 N–H and O–H groups in total. The van der Waals surface area contributed by atoms with Crippen molar-refractivity contribution in [2.45, 2.75) is 57.8 Å². The van der Waals surface area contributed by atoms with E-state index < -0.39 is 14.2 Å². The Morgan fingerprint density at radius 2 is 1.19 bits per heavy atom. The van der Waals surface area contributed by atoms with Gasteiger partial charge in [0.15, 0.2) is 0 Å². The van der Waals surface area contributed by atoms with Crippen LogP contribution in [0, 0.1) is 0 Å². The van der Waals surface area contributed by atoms with Crippen LogP contribution in [0.15, 0.2) is 36.4 Å². The van der Waals surface area contributed by atoms with Gasteiger partial charge in [0, 0.05) is 5.92 Å². The zero-order chi connectivity index (χ0) is 19.4. The highest BCUT2D eigenvalue weighted by Gasteiger charge is 2.30. The first kappa shape index (κ1) is 20.2. The summed E-state index contributed by atoms with van der Waals surface area (Å²) in [6, 6.07) is 11.1. The van der Waals surface area contributed by atoms with Gasteiger partial charge in [-0.05, 0) is 39.6 Å². The first-order chi connectivity index (χ1) is 13.0. The summed E-state index contributed by atoms with van der Waals surface area (Å²) in [7, 11) is -2.97. The number of fused-ring (bicyclic) bond motifs is 3. The third-order valence-electron chi connectivity index (χ3n) is 5.63. The molecule has 0 aromatic heterocycles. The fraction of sp³-hybridized carbons (Fsp3) is 0.429. The van der Waals surface area contributed by atoms with Crippen molar-refractivity contribution < 1.29 is 20.1 Å². The van der Waals surface area contributed by atoms with Crippen molar-refractivity contribution in [3.05, 3.63) is 47.5 Å². The Morgan fingerprint density at radius 3 is 1.67 bits per heavy atom. The van der Waals surface area contributed by atoms with Gasteiger partial charge in [0.2, 0.25) is 0 Å². The van der Waals surface area contributed by atoms with Crippen LogP contribution in [0.4, 0.5) is 0 Å². The lowest BCUT2D eigenvalue weighted by Gasteiger charge is -2.15. The number of hydrogen-bond donors (Lipinski definition) is 4. The van der Waals surface area contributed by atoms with Crippen molar-refractivity contribution in [1.82, 2.24) is 0 Å². The minimum absolute atomic E-state index is 0.151. The predicted molar refractivity (Wildman–Crippen MR) is 111 cm³/mol. The molecule has 1 aliphatic carbocycles. The maximum Gasteiger partial charge on any atom is 0.488 e. The molecule has 0 heterocycles. The fourth-order valence-electron chi connectivity index (χ4n) is 4.16. The van der Waals surface area contributed by atoms with Crippen molar-refractivity contribution in [2.24, 2.45) is 0 Å². The molecule has 3 rings (SSSR count). The van der Waals surface area contributed by atoms with Gasteiger partial charge in [0.1, 0.15) is 0 Å². The molecule has 0 saturated carbocycles. The number of hydrogen-bond acceptors (Lipinski definition) is 4. The van der Waals surface area contributed by atoms with E-state index in [9.17, 15) is 20.1 Å². The smallest absolute Gasteiger partial charge is 0.423 e. The molecule has 0 atom stereocenters. The zero-order valence-electron chi connectivity index (χ0n) is 15.9. The van der Waals surface area contributed by atoms with Crippen molar-refractivity contribution in [3.8, 4) is 11.1 Å². The molecular weight excluding hydrogens is 338 g/mol. The van der Waals surface area contributed by atoms with Gasteiger partial charge in [-0.2, -0.15) is 0 Å². The summed E-state index contributed by atoms with van der Waals surface area (Å²) < 4.78 is 0. The van der Waals surface area contributed by atoms with Crippen LogP contribution in [-0.2, 0) is 0 Å². The predicted octanol–water partition coefficient (Wildman–Crippen LogP) is 1.91. The Balaban J connectivity index is 1.86. The maximum absolute atomic E-state index is 9.56. The quantitative estimate of drug-likeness (QED) is 0.404. The molecule has 0 bridgehead atoms. The molecule has 0 fully saturated rings. The van der Waals surface area contributed by atoms with E-state index in [0.29, 0.717) is 10.9 Å². The molecule has 0 radical (unpaired) electrons. The number of benzene rings is 2. The first-order valence-electron chi connectivity index (χ1n) is 10.0. The van der Waals surface area contributed by atoms with E-state index >= 15 is 0 Å². The van der Waals surface area contributed by atoms with Crippen LogP contribution in [0.2, 0.25) is 0 Å². The van der Waals surface area contributed by atoms with E-state index in [1.54, 1.807) is 12.1 Å². The van der Waals surface area contributed by atoms with Gasteiger partial charge in [-0.15, -0.1) is 0 Å². The van der Waals surface area contributed by atoms with Crippen LogP contribution >= 0.6 is 0 Å². The summed E-state index contributed by atoms with van der Waals surface area (Å²) in [6.45, 7) is 2.22. The molecule has 4 nitrogen and oxygen atoms in total. The average molecular weight is 366 g/mol. The van der Waals surface area contributed by atoms with Crippen LogP contribution in [-0.4, -0.2) is 34.3 Å². The summed E-state index contributed by atoms with van der Waals surface area (Å²) in [6.07, 6.45) is 8.30. The second-order valence-electron chi connectivity index (χ2n) is 7.55. The van der Waals surface area contributed by atoms with Crippen LogP contribution in [0.3, 0.4) is 0 Å². The Labute approximate surface area is 162 Å². The molecule has 0 spiro atoms. The van der Waals surface area contributed by atoms with Gasteiger partial charge in [-0.25, -0.2) is 0 Å². The van der Waals surface area contributed by atoms with Crippen LogP contribution in [0.25, 0.3) is 11.1 Å². The Hall–Kier alpha value is -1.59. The zero-order valence-corrected chi connectivity index (χ0v) is 15.9. The van der Waals surface area contributed by atoms with Crippen LogP contribution < -0.4 is 10.9 Å². The molecular formula is C21H28B2O4. The van der Waals surface area contributed by atoms with E-state index in [-0.39, 0.29) is 5.92 Å². The highest BCUT2D eigenvalue weighted by Crippen LogP contribution is 2.46. The lowest BCUT2D eigenvalue weighted by atomic mass is 9.77. The van der Waals surface area contributed by atoms with Crippen molar-refractivity contribution in [3.63, 3.8) is 0 Å². The van der Waals surface area contributed by atoms with Gasteiger partial charge < -0.3 is 20.1 Å². The lowest BCUT2D eigenvalue weighted by Crippen LogP contribution is -2.30. The second kappa shape index (κ2) is 9.07. The van der Waals surface area contributed by atoms with Crippen molar-refractivity contribution in [1.29, 1.82) is 0 Å². The van der Waals surface area contributed by atoms with E-state index in [1.165, 1.54) is 32.1 Å². The van der Waals surface area contributed by atoms with Gasteiger partial charge in [0.05, 0.1) is 0 Å². The highest BCUT2D eigenvalue weighted by molar-refractivity contribution is 6.59. The summed E-state index contributed by atoms with van der Waals surface area (Å²) in [5.41, 5.74) is 5.41. The van der Waals surface area contributed by atoms with Gasteiger partial charge >= 0.3 is 14.2 Å². The molecule has 0 saturated heterocycles. The topological polar surface area (TPSA) is 80.9 Å². The standard InChI is InChI=1S/C21H28B2O4/c1-2-3-4-5-6-7-8-17-20-13-15(22(24)25)9-11-18(20)19-12-10-16(23(26)27)14-21(17)19/h9-14,17,24-27H,2-8H2,1H3. The molecule has 27 heavy (non-hydrogen) atoms. The van der Waals surface area contributed by atoms with Crippen LogP contribution in [0.1, 0.15) is 68.9 Å². The average Bonchev–Trinajstić information content (AvgIpc) is 2.97. The van der Waals surface area contributed by atoms with Gasteiger partial charge in [0.25, 0.3) is 0 Å². The Morgan fingerprint density at radius 1 is 0.704 bits per heavy atom. The largest absolute Gasteiger partial charge is 0.488 e. The van der Waals surface area contributed by atoms with Gasteiger partial charge in [-0.1, -0.05) is 81.8 Å². The first-order valence-corrected chi connectivity index (χ1v) is 10.0. The van der Waals surface area contributed by atoms with E-state index in [4.69, 9.17) is 0 Å². The fourth-order valence-corrected chi connectivity index (χ4v) is 4.16. The molecule has 142 valence electrons. The monoisotopic (exact) mass is 366 g/mol. The SMILES string of the molecule is CCCCCCCCC1c2cc(B(O)O)ccc2-c2ccc(B(O)O)cc21. The Kier molecular flexibility index (Phi) is 6.77. The molecule has 2 aromatic rings. The van der Waals surface area contributed by atoms with Crippen molar-refractivity contribution >= 4 is 25.2 Å². The molecule has 0 aliphatic heterocycles. The minimum Gasteiger partial charge on any atom is -0.423 e. The van der Waals surface area contributed by atoms with E-state index in [2.05, 4.69) is 6.92 Å². The minimum atomic E-state index is -1.48. The molecule has 0 unspecified atom stereocenters. The van der Waals surface area contributed by atoms with Crippen LogP contribution in [0.5, 0.6) is 0 Å². The molecule has 0 amide bonds. The Bertz CT molecular complexity index is 719. The van der Waals surface area contributed by atoms with E-state index in [0.717, 1.165) is 35.1 Å². The third-order valence-corrected chi connectivity index (χ3v) is 5.63. The summed E-state index contributed by atoms with van der Waals surface area (Å²) in [5.74, 6) is 0.151. The summed E-state index contributed by atoms with van der Waals surface area (Å²) >= 11 is 0. The third kappa shape index (κ3) is 4.46. The summed E-state index contributed by atoms with van der Waals surface area (Å²) in [5, 5.41) is 38.2. The van der Waals surface area contributed by atoms with E-state index in [1.807, 2.05) is 24.3 Å². The van der Waals surface area contributed by atoms with Crippen molar-refractivity contribution in [2.75, 3.05) is 0 Å². The van der Waals surface area contributed by atoms with Gasteiger partial charge in [-0.3, -0.25) is 0 Å². The summed E-state index contributed by atoms with van der Waals surface area (Å²) in [4.78, 5) is 0. The molecule has 6 heteroatoms. The lowest BCUT2D eigenvalue weighted by molar-refractivity contribution is 0.424. The highest BCUT2D eigenvalue weighted by atomic mass is 16.4. The molecule has 1 aliphatic rings. The molecule has 2 aromatic carbocycles. The second-order valence-corrected chi connectivity index (χ2v) is 7.55.